The number of amides is 1. The molecule has 0 saturated heterocycles. The van der Waals surface area contributed by atoms with Crippen molar-refractivity contribution in [1.29, 1.82) is 0 Å². The molecule has 0 unspecified atom stereocenters. The van der Waals surface area contributed by atoms with Crippen LogP contribution < -0.4 is 5.32 Å². The number of anilines is 1. The third-order valence-electron chi connectivity index (χ3n) is 4.99. The predicted octanol–water partition coefficient (Wildman–Crippen LogP) is 6.98. The molecule has 0 aliphatic carbocycles. The van der Waals surface area contributed by atoms with E-state index in [2.05, 4.69) is 10.3 Å². The lowest BCUT2D eigenvalue weighted by Crippen LogP contribution is -2.13. The molecule has 4 aromatic rings. The average molecular weight is 425 g/mol. The van der Waals surface area contributed by atoms with Crippen molar-refractivity contribution in [1.82, 2.24) is 4.98 Å². The molecular weight excluding hydrogens is 407 g/mol. The molecule has 4 nitrogen and oxygen atoms in total. The summed E-state index contributed by atoms with van der Waals surface area (Å²) in [4.78, 5) is 17.3. The van der Waals surface area contributed by atoms with Crippen LogP contribution in [0.2, 0.25) is 10.0 Å². The summed E-state index contributed by atoms with van der Waals surface area (Å²) in [5.41, 5.74) is 6.55. The molecule has 0 fully saturated rings. The topological polar surface area (TPSA) is 55.1 Å². The van der Waals surface area contributed by atoms with Crippen molar-refractivity contribution in [3.05, 3.63) is 80.8 Å². The number of nitrogens with one attached hydrogen (secondary N) is 1. The maximum absolute atomic E-state index is 12.7. The summed E-state index contributed by atoms with van der Waals surface area (Å²) in [6, 6.07) is 14.4. The van der Waals surface area contributed by atoms with E-state index in [1.54, 1.807) is 18.2 Å². The molecule has 0 saturated carbocycles. The zero-order valence-corrected chi connectivity index (χ0v) is 17.7. The summed E-state index contributed by atoms with van der Waals surface area (Å²) in [6.07, 6.45) is 0. The van der Waals surface area contributed by atoms with Gasteiger partial charge >= 0.3 is 0 Å². The number of oxazole rings is 1. The van der Waals surface area contributed by atoms with Gasteiger partial charge < -0.3 is 9.73 Å². The van der Waals surface area contributed by atoms with Gasteiger partial charge in [0.15, 0.2) is 5.58 Å². The molecule has 0 spiro atoms. The third kappa shape index (κ3) is 3.74. The summed E-state index contributed by atoms with van der Waals surface area (Å²) in [6.45, 7) is 6.01. The Morgan fingerprint density at radius 1 is 1.00 bits per heavy atom. The summed E-state index contributed by atoms with van der Waals surface area (Å²) in [5.74, 6) is 0.207. The van der Waals surface area contributed by atoms with Crippen molar-refractivity contribution in [2.45, 2.75) is 20.8 Å². The number of halogens is 2. The highest BCUT2D eigenvalue weighted by Gasteiger charge is 2.16. The average Bonchev–Trinajstić information content (AvgIpc) is 3.06. The van der Waals surface area contributed by atoms with Crippen LogP contribution in [0.1, 0.15) is 27.0 Å². The van der Waals surface area contributed by atoms with Gasteiger partial charge in [0.1, 0.15) is 5.52 Å². The second-order valence-corrected chi connectivity index (χ2v) is 7.82. The van der Waals surface area contributed by atoms with E-state index < -0.39 is 0 Å². The predicted molar refractivity (Wildman–Crippen MR) is 118 cm³/mol. The summed E-state index contributed by atoms with van der Waals surface area (Å²) < 4.78 is 5.99. The Hall–Kier alpha value is -2.82. The number of aryl methyl sites for hydroxylation is 2. The molecule has 6 heteroatoms. The molecule has 0 atom stereocenters. The minimum Gasteiger partial charge on any atom is -0.436 e. The molecule has 1 aromatic heterocycles. The molecule has 0 bridgehead atoms. The second kappa shape index (κ2) is 7.54. The molecule has 4 rings (SSSR count). The number of carbonyl (C=O) groups is 1. The van der Waals surface area contributed by atoms with Crippen molar-refractivity contribution >= 4 is 45.9 Å². The van der Waals surface area contributed by atoms with E-state index in [-0.39, 0.29) is 5.91 Å². The van der Waals surface area contributed by atoms with Gasteiger partial charge in [0, 0.05) is 16.3 Å². The van der Waals surface area contributed by atoms with Crippen LogP contribution in [0.3, 0.4) is 0 Å². The first kappa shape index (κ1) is 19.5. The van der Waals surface area contributed by atoms with Gasteiger partial charge in [0.25, 0.3) is 5.91 Å². The van der Waals surface area contributed by atoms with Gasteiger partial charge in [-0.05, 0) is 79.9 Å². The van der Waals surface area contributed by atoms with Gasteiger partial charge in [-0.15, -0.1) is 0 Å². The third-order valence-corrected chi connectivity index (χ3v) is 5.54. The monoisotopic (exact) mass is 424 g/mol. The number of hydrogen-bond acceptors (Lipinski definition) is 3. The van der Waals surface area contributed by atoms with Crippen LogP contribution in [0.5, 0.6) is 0 Å². The van der Waals surface area contributed by atoms with Gasteiger partial charge in [-0.3, -0.25) is 4.79 Å². The van der Waals surface area contributed by atoms with E-state index in [9.17, 15) is 4.79 Å². The highest BCUT2D eigenvalue weighted by atomic mass is 35.5. The van der Waals surface area contributed by atoms with Crippen molar-refractivity contribution in [3.8, 4) is 11.5 Å². The zero-order chi connectivity index (χ0) is 20.7. The number of benzene rings is 3. The smallest absolute Gasteiger partial charge is 0.257 e. The van der Waals surface area contributed by atoms with Crippen LogP contribution in [-0.2, 0) is 0 Å². The molecular formula is C23H18Cl2N2O2. The first-order valence-corrected chi connectivity index (χ1v) is 9.83. The molecule has 1 N–H and O–H groups in total. The lowest BCUT2D eigenvalue weighted by atomic mass is 10.1. The molecule has 1 amide bonds. The fourth-order valence-corrected chi connectivity index (χ4v) is 3.66. The Bertz CT molecular complexity index is 1220. The van der Waals surface area contributed by atoms with Crippen LogP contribution in [0.4, 0.5) is 5.69 Å². The van der Waals surface area contributed by atoms with Crippen LogP contribution in [0, 0.1) is 20.8 Å². The minimum atomic E-state index is -0.310. The molecule has 29 heavy (non-hydrogen) atoms. The van der Waals surface area contributed by atoms with Crippen molar-refractivity contribution in [3.63, 3.8) is 0 Å². The highest BCUT2D eigenvalue weighted by Crippen LogP contribution is 2.32. The first-order valence-electron chi connectivity index (χ1n) is 9.07. The zero-order valence-electron chi connectivity index (χ0n) is 16.1. The van der Waals surface area contributed by atoms with Gasteiger partial charge in [0.05, 0.1) is 10.6 Å². The largest absolute Gasteiger partial charge is 0.436 e. The number of fused-ring (bicyclic) bond motifs is 1. The summed E-state index contributed by atoms with van der Waals surface area (Å²) in [7, 11) is 0. The number of hydrogen-bond donors (Lipinski definition) is 1. The van der Waals surface area contributed by atoms with E-state index in [0.717, 1.165) is 33.4 Å². The molecule has 0 radical (unpaired) electrons. The van der Waals surface area contributed by atoms with E-state index in [1.165, 1.54) is 0 Å². The van der Waals surface area contributed by atoms with Gasteiger partial charge in [0.2, 0.25) is 5.89 Å². The maximum atomic E-state index is 12.7. The number of rotatable bonds is 3. The number of carbonyl (C=O) groups excluding carboxylic acids is 1. The van der Waals surface area contributed by atoms with E-state index >= 15 is 0 Å². The molecule has 3 aromatic carbocycles. The molecule has 1 heterocycles. The Morgan fingerprint density at radius 3 is 2.52 bits per heavy atom. The van der Waals surface area contributed by atoms with Crippen LogP contribution in [0.15, 0.2) is 52.9 Å². The van der Waals surface area contributed by atoms with Crippen molar-refractivity contribution in [2.75, 3.05) is 5.32 Å². The van der Waals surface area contributed by atoms with Crippen LogP contribution in [-0.4, -0.2) is 10.9 Å². The van der Waals surface area contributed by atoms with Crippen LogP contribution in [0.25, 0.3) is 22.6 Å². The van der Waals surface area contributed by atoms with Gasteiger partial charge in [-0.25, -0.2) is 4.98 Å². The fraction of sp³-hybridized carbons (Fsp3) is 0.130. The maximum Gasteiger partial charge on any atom is 0.257 e. The highest BCUT2D eigenvalue weighted by molar-refractivity contribution is 6.37. The SMILES string of the molecule is Cc1cc2nc(-c3cccc(NC(=O)c4ccc(Cl)cc4Cl)c3C)oc2cc1C. The Labute approximate surface area is 178 Å². The van der Waals surface area contributed by atoms with E-state index in [0.29, 0.717) is 27.2 Å². The standard InChI is InChI=1S/C23H18Cl2N2O2/c1-12-9-20-21(10-13(12)2)29-23(27-20)16-5-4-6-19(14(16)3)26-22(28)17-8-7-15(24)11-18(17)25/h4-11H,1-3H3,(H,26,28). The normalized spacial score (nSPS) is 11.1. The lowest BCUT2D eigenvalue weighted by molar-refractivity contribution is 0.102. The van der Waals surface area contributed by atoms with Crippen LogP contribution >= 0.6 is 23.2 Å². The minimum absolute atomic E-state index is 0.300. The molecule has 0 aliphatic heterocycles. The fourth-order valence-electron chi connectivity index (χ4n) is 3.16. The summed E-state index contributed by atoms with van der Waals surface area (Å²) in [5, 5.41) is 3.69. The van der Waals surface area contributed by atoms with Crippen molar-refractivity contribution < 1.29 is 9.21 Å². The number of nitrogens with zero attached hydrogens (tertiary/aromatic N) is 1. The Morgan fingerprint density at radius 2 is 1.76 bits per heavy atom. The first-order chi connectivity index (χ1) is 13.8. The second-order valence-electron chi connectivity index (χ2n) is 6.98. The molecule has 146 valence electrons. The van der Waals surface area contributed by atoms with E-state index in [4.69, 9.17) is 27.6 Å². The van der Waals surface area contributed by atoms with Crippen molar-refractivity contribution in [2.24, 2.45) is 0 Å². The van der Waals surface area contributed by atoms with Gasteiger partial charge in [-0.2, -0.15) is 0 Å². The Kier molecular flexibility index (Phi) is 5.07. The lowest BCUT2D eigenvalue weighted by Gasteiger charge is -2.11. The molecule has 0 aliphatic rings. The Balaban J connectivity index is 1.70. The number of aromatic nitrogens is 1. The quantitative estimate of drug-likeness (QED) is 0.385. The summed E-state index contributed by atoms with van der Waals surface area (Å²) >= 11 is 12.1. The van der Waals surface area contributed by atoms with E-state index in [1.807, 2.05) is 51.1 Å². The van der Waals surface area contributed by atoms with Gasteiger partial charge in [-0.1, -0.05) is 29.3 Å².